The lowest BCUT2D eigenvalue weighted by molar-refractivity contribution is -0.133. The summed E-state index contributed by atoms with van der Waals surface area (Å²) in [5.41, 5.74) is 2.20. The zero-order chi connectivity index (χ0) is 17.1. The molecule has 2 atom stereocenters. The lowest BCUT2D eigenvalue weighted by atomic mass is 9.89. The Morgan fingerprint density at radius 3 is 2.92 bits per heavy atom. The van der Waals surface area contributed by atoms with Gasteiger partial charge in [0.15, 0.2) is 0 Å². The summed E-state index contributed by atoms with van der Waals surface area (Å²) in [5.74, 6) is 1.78. The van der Waals surface area contributed by atoms with Gasteiger partial charge in [-0.2, -0.15) is 0 Å². The van der Waals surface area contributed by atoms with Crippen molar-refractivity contribution in [2.24, 2.45) is 5.92 Å². The summed E-state index contributed by atoms with van der Waals surface area (Å²) in [5, 5.41) is 4.83. The van der Waals surface area contributed by atoms with Crippen LogP contribution in [0.4, 0.5) is 0 Å². The lowest BCUT2D eigenvalue weighted by Crippen LogP contribution is -2.50. The molecule has 0 aliphatic carbocycles. The first-order valence-electron chi connectivity index (χ1n) is 9.11. The third kappa shape index (κ3) is 3.64. The van der Waals surface area contributed by atoms with E-state index in [0.717, 1.165) is 43.8 Å². The number of piperidine rings is 1. The van der Waals surface area contributed by atoms with Crippen molar-refractivity contribution >= 4 is 16.9 Å². The Morgan fingerprint density at radius 2 is 2.17 bits per heavy atom. The van der Waals surface area contributed by atoms with Crippen LogP contribution in [-0.4, -0.2) is 29.9 Å². The summed E-state index contributed by atoms with van der Waals surface area (Å²) < 4.78 is 5.93. The topological polar surface area (TPSA) is 45.5 Å². The molecule has 0 bridgehead atoms. The molecule has 3 rings (SSSR count). The molecule has 1 aliphatic rings. The van der Waals surface area contributed by atoms with Crippen LogP contribution in [-0.2, 0) is 11.3 Å². The van der Waals surface area contributed by atoms with Gasteiger partial charge in [-0.05, 0) is 37.5 Å². The van der Waals surface area contributed by atoms with E-state index in [-0.39, 0.29) is 5.91 Å². The second-order valence-electron chi connectivity index (χ2n) is 6.89. The fourth-order valence-corrected chi connectivity index (χ4v) is 3.70. The van der Waals surface area contributed by atoms with Crippen molar-refractivity contribution < 1.29 is 9.21 Å². The Balaban J connectivity index is 1.61. The van der Waals surface area contributed by atoms with Crippen molar-refractivity contribution in [2.45, 2.75) is 52.6 Å². The molecule has 1 aromatic carbocycles. The molecule has 1 N–H and O–H groups in total. The second kappa shape index (κ2) is 7.39. The molecule has 1 fully saturated rings. The first-order chi connectivity index (χ1) is 11.6. The largest absolute Gasteiger partial charge is 0.460 e. The van der Waals surface area contributed by atoms with E-state index in [9.17, 15) is 4.79 Å². The maximum absolute atomic E-state index is 11.9. The number of hydrogen-bond acceptors (Lipinski definition) is 3. The van der Waals surface area contributed by atoms with E-state index in [2.05, 4.69) is 37.4 Å². The predicted molar refractivity (Wildman–Crippen MR) is 96.8 cm³/mol. The zero-order valence-electron chi connectivity index (χ0n) is 15.0. The normalized spacial score (nSPS) is 21.4. The van der Waals surface area contributed by atoms with Crippen molar-refractivity contribution in [1.29, 1.82) is 0 Å². The molecule has 1 saturated heterocycles. The first kappa shape index (κ1) is 17.0. The van der Waals surface area contributed by atoms with Crippen molar-refractivity contribution in [1.82, 2.24) is 10.2 Å². The summed E-state index contributed by atoms with van der Waals surface area (Å²) in [6.07, 6.45) is 2.71. The van der Waals surface area contributed by atoms with Crippen LogP contribution < -0.4 is 5.32 Å². The van der Waals surface area contributed by atoms with E-state index in [1.54, 1.807) is 0 Å². The Kier molecular flexibility index (Phi) is 5.24. The number of furan rings is 1. The maximum Gasteiger partial charge on any atom is 0.222 e. The Labute approximate surface area is 144 Å². The van der Waals surface area contributed by atoms with E-state index in [1.165, 1.54) is 10.9 Å². The van der Waals surface area contributed by atoms with Gasteiger partial charge in [0.2, 0.25) is 5.91 Å². The second-order valence-corrected chi connectivity index (χ2v) is 6.89. The quantitative estimate of drug-likeness (QED) is 0.906. The molecule has 0 saturated carbocycles. The number of nitrogens with one attached hydrogen (secondary N) is 1. The summed E-state index contributed by atoms with van der Waals surface area (Å²) in [7, 11) is 0. The third-order valence-electron chi connectivity index (χ3n) is 5.17. The molecule has 0 spiro atoms. The van der Waals surface area contributed by atoms with Gasteiger partial charge in [-0.15, -0.1) is 0 Å². The molecule has 4 nitrogen and oxygen atoms in total. The average Bonchev–Trinajstić information content (AvgIpc) is 3.01. The van der Waals surface area contributed by atoms with Crippen molar-refractivity contribution in [3.63, 3.8) is 0 Å². The Bertz CT molecular complexity index is 707. The van der Waals surface area contributed by atoms with E-state index in [4.69, 9.17) is 4.42 Å². The predicted octanol–water partition coefficient (Wildman–Crippen LogP) is 3.87. The minimum Gasteiger partial charge on any atom is -0.460 e. The number of hydrogen-bond donors (Lipinski definition) is 1. The van der Waals surface area contributed by atoms with Crippen LogP contribution in [0.25, 0.3) is 11.0 Å². The lowest BCUT2D eigenvalue weighted by Gasteiger charge is -2.38. The number of carbonyl (C=O) groups is 1. The smallest absolute Gasteiger partial charge is 0.222 e. The fourth-order valence-electron chi connectivity index (χ4n) is 3.70. The number of amides is 1. The number of fused-ring (bicyclic) bond motifs is 1. The molecule has 4 heteroatoms. The standard InChI is InChI=1S/C20H28N2O2/c1-4-15-13-22(20(23)5-2)9-8-18(15)21-12-17-11-16-10-14(3)6-7-19(16)24-17/h6-7,10-11,15,18,21H,4-5,8-9,12-13H2,1-3H3/t15-,18+/m1/s1. The molecular formula is C20H28N2O2. The summed E-state index contributed by atoms with van der Waals surface area (Å²) in [4.78, 5) is 14.0. The van der Waals surface area contributed by atoms with Gasteiger partial charge in [0.25, 0.3) is 0 Å². The van der Waals surface area contributed by atoms with Gasteiger partial charge >= 0.3 is 0 Å². The minimum atomic E-state index is 0.277. The number of benzene rings is 1. The van der Waals surface area contributed by atoms with E-state index in [0.29, 0.717) is 18.4 Å². The molecule has 1 aromatic heterocycles. The third-order valence-corrected chi connectivity index (χ3v) is 5.17. The van der Waals surface area contributed by atoms with Crippen LogP contribution in [0, 0.1) is 12.8 Å². The van der Waals surface area contributed by atoms with Crippen LogP contribution in [0.15, 0.2) is 28.7 Å². The highest BCUT2D eigenvalue weighted by Crippen LogP contribution is 2.23. The molecule has 2 aromatic rings. The summed E-state index contributed by atoms with van der Waals surface area (Å²) in [6, 6.07) is 8.86. The van der Waals surface area contributed by atoms with Gasteiger partial charge in [0.05, 0.1) is 6.54 Å². The Hall–Kier alpha value is -1.81. The summed E-state index contributed by atoms with van der Waals surface area (Å²) in [6.45, 7) is 8.73. The monoisotopic (exact) mass is 328 g/mol. The minimum absolute atomic E-state index is 0.277. The van der Waals surface area contributed by atoms with Gasteiger partial charge < -0.3 is 14.6 Å². The van der Waals surface area contributed by atoms with Crippen molar-refractivity contribution in [3.05, 3.63) is 35.6 Å². The highest BCUT2D eigenvalue weighted by molar-refractivity contribution is 5.78. The van der Waals surface area contributed by atoms with E-state index >= 15 is 0 Å². The van der Waals surface area contributed by atoms with E-state index < -0.39 is 0 Å². The molecule has 2 heterocycles. The maximum atomic E-state index is 11.9. The zero-order valence-corrected chi connectivity index (χ0v) is 15.0. The van der Waals surface area contributed by atoms with Crippen LogP contribution in [0.5, 0.6) is 0 Å². The number of likely N-dealkylation sites (tertiary alicyclic amines) is 1. The van der Waals surface area contributed by atoms with Gasteiger partial charge in [-0.1, -0.05) is 31.9 Å². The molecular weight excluding hydrogens is 300 g/mol. The highest BCUT2D eigenvalue weighted by atomic mass is 16.3. The summed E-state index contributed by atoms with van der Waals surface area (Å²) >= 11 is 0. The SMILES string of the molecule is CCC(=O)N1CC[C@H](NCc2cc3cc(C)ccc3o2)[C@H](CC)C1. The molecule has 130 valence electrons. The molecule has 0 radical (unpaired) electrons. The van der Waals surface area contributed by atoms with Crippen LogP contribution in [0.2, 0.25) is 0 Å². The van der Waals surface area contributed by atoms with Crippen LogP contribution in [0.3, 0.4) is 0 Å². The van der Waals surface area contributed by atoms with Gasteiger partial charge in [-0.25, -0.2) is 0 Å². The highest BCUT2D eigenvalue weighted by Gasteiger charge is 2.29. The average molecular weight is 328 g/mol. The van der Waals surface area contributed by atoms with Gasteiger partial charge in [-0.3, -0.25) is 4.79 Å². The van der Waals surface area contributed by atoms with Gasteiger partial charge in [0, 0.05) is 30.9 Å². The molecule has 24 heavy (non-hydrogen) atoms. The van der Waals surface area contributed by atoms with E-state index in [1.807, 2.05) is 17.9 Å². The van der Waals surface area contributed by atoms with Crippen LogP contribution in [0.1, 0.15) is 44.4 Å². The van der Waals surface area contributed by atoms with Crippen molar-refractivity contribution in [2.75, 3.05) is 13.1 Å². The van der Waals surface area contributed by atoms with Gasteiger partial charge in [0.1, 0.15) is 11.3 Å². The fraction of sp³-hybridized carbons (Fsp3) is 0.550. The first-order valence-corrected chi connectivity index (χ1v) is 9.11. The number of rotatable bonds is 5. The molecule has 0 unspecified atom stereocenters. The number of carbonyl (C=O) groups excluding carboxylic acids is 1. The van der Waals surface area contributed by atoms with Crippen molar-refractivity contribution in [3.8, 4) is 0 Å². The number of nitrogens with zero attached hydrogens (tertiary/aromatic N) is 1. The molecule has 1 aliphatic heterocycles. The molecule has 1 amide bonds. The number of aryl methyl sites for hydroxylation is 1. The Morgan fingerprint density at radius 1 is 1.33 bits per heavy atom. The van der Waals surface area contributed by atoms with Crippen LogP contribution >= 0.6 is 0 Å².